The van der Waals surface area contributed by atoms with Crippen LogP contribution in [0.1, 0.15) is 36.7 Å². The quantitative estimate of drug-likeness (QED) is 0.491. The van der Waals surface area contributed by atoms with Crippen molar-refractivity contribution in [1.29, 1.82) is 5.41 Å². The van der Waals surface area contributed by atoms with E-state index in [1.165, 1.54) is 24.3 Å². The summed E-state index contributed by atoms with van der Waals surface area (Å²) in [6, 6.07) is 5.79. The lowest BCUT2D eigenvalue weighted by atomic mass is 10.1. The van der Waals surface area contributed by atoms with Gasteiger partial charge in [0.25, 0.3) is 5.91 Å². The van der Waals surface area contributed by atoms with Gasteiger partial charge in [0.15, 0.2) is 0 Å². The Labute approximate surface area is 133 Å². The van der Waals surface area contributed by atoms with Crippen molar-refractivity contribution in [1.82, 2.24) is 10.6 Å². The maximum atomic E-state index is 11.6. The van der Waals surface area contributed by atoms with Gasteiger partial charge in [-0.3, -0.25) is 20.3 Å². The van der Waals surface area contributed by atoms with Crippen molar-refractivity contribution in [3.05, 3.63) is 35.4 Å². The molecule has 0 atom stereocenters. The third-order valence-corrected chi connectivity index (χ3v) is 2.46. The summed E-state index contributed by atoms with van der Waals surface area (Å²) in [5, 5.41) is 20.8. The third-order valence-electron chi connectivity index (χ3n) is 2.46. The summed E-state index contributed by atoms with van der Waals surface area (Å²) in [6.07, 6.45) is -0.745. The molecule has 0 saturated carbocycles. The minimum Gasteiger partial charge on any atom is -0.480 e. The van der Waals surface area contributed by atoms with Gasteiger partial charge in [-0.05, 0) is 32.9 Å². The molecule has 0 radical (unpaired) electrons. The van der Waals surface area contributed by atoms with Crippen molar-refractivity contribution in [2.45, 2.75) is 26.4 Å². The second kappa shape index (κ2) is 7.39. The molecule has 8 heteroatoms. The number of alkyl carbamates (subject to hydrolysis) is 1. The molecule has 1 aromatic rings. The smallest absolute Gasteiger partial charge is 0.413 e. The SMILES string of the molecule is CC(C)(C)OC(=O)NC(=N)c1ccc(C(=O)NCC(=O)O)cc1. The van der Waals surface area contributed by atoms with Crippen molar-refractivity contribution in [3.8, 4) is 0 Å². The zero-order chi connectivity index (χ0) is 17.6. The molecular weight excluding hydrogens is 302 g/mol. The summed E-state index contributed by atoms with van der Waals surface area (Å²) in [4.78, 5) is 33.6. The topological polar surface area (TPSA) is 129 Å². The number of nitrogens with one attached hydrogen (secondary N) is 3. The van der Waals surface area contributed by atoms with E-state index in [2.05, 4.69) is 10.6 Å². The lowest BCUT2D eigenvalue weighted by molar-refractivity contribution is -0.135. The van der Waals surface area contributed by atoms with E-state index in [9.17, 15) is 14.4 Å². The number of carbonyl (C=O) groups excluding carboxylic acids is 2. The number of amidine groups is 1. The molecule has 0 spiro atoms. The first kappa shape index (κ1) is 18.1. The van der Waals surface area contributed by atoms with Crippen molar-refractivity contribution in [2.24, 2.45) is 0 Å². The van der Waals surface area contributed by atoms with Crippen LogP contribution in [0.4, 0.5) is 4.79 Å². The first-order valence-electron chi connectivity index (χ1n) is 6.77. The number of ether oxygens (including phenoxy) is 1. The van der Waals surface area contributed by atoms with E-state index in [4.69, 9.17) is 15.3 Å². The summed E-state index contributed by atoms with van der Waals surface area (Å²) >= 11 is 0. The van der Waals surface area contributed by atoms with Crippen LogP contribution in [0, 0.1) is 5.41 Å². The van der Waals surface area contributed by atoms with E-state index >= 15 is 0 Å². The lowest BCUT2D eigenvalue weighted by Crippen LogP contribution is -2.36. The van der Waals surface area contributed by atoms with E-state index in [1.54, 1.807) is 20.8 Å². The van der Waals surface area contributed by atoms with Crippen LogP contribution in [0.2, 0.25) is 0 Å². The number of aliphatic carboxylic acids is 1. The maximum Gasteiger partial charge on any atom is 0.413 e. The molecule has 124 valence electrons. The lowest BCUT2D eigenvalue weighted by Gasteiger charge is -2.19. The highest BCUT2D eigenvalue weighted by Crippen LogP contribution is 2.08. The average molecular weight is 321 g/mol. The molecule has 0 unspecified atom stereocenters. The summed E-state index contributed by atoms with van der Waals surface area (Å²) < 4.78 is 5.04. The molecule has 1 aromatic carbocycles. The van der Waals surface area contributed by atoms with E-state index in [0.717, 1.165) is 0 Å². The summed E-state index contributed by atoms with van der Waals surface area (Å²) in [5.41, 5.74) is -0.0399. The minimum atomic E-state index is -1.14. The Balaban J connectivity index is 2.65. The van der Waals surface area contributed by atoms with Crippen molar-refractivity contribution in [2.75, 3.05) is 6.54 Å². The number of carboxylic acids is 1. The van der Waals surface area contributed by atoms with E-state index in [1.807, 2.05) is 0 Å². The molecule has 4 N–H and O–H groups in total. The number of carboxylic acid groups (broad SMARTS) is 1. The highest BCUT2D eigenvalue weighted by molar-refractivity contribution is 6.05. The van der Waals surface area contributed by atoms with Gasteiger partial charge in [-0.25, -0.2) is 4.79 Å². The van der Waals surface area contributed by atoms with Crippen LogP contribution in [0.15, 0.2) is 24.3 Å². The first-order chi connectivity index (χ1) is 10.6. The molecule has 0 aromatic heterocycles. The maximum absolute atomic E-state index is 11.6. The number of rotatable bonds is 4. The number of carbonyl (C=O) groups is 3. The van der Waals surface area contributed by atoms with Gasteiger partial charge < -0.3 is 15.2 Å². The highest BCUT2D eigenvalue weighted by Gasteiger charge is 2.17. The zero-order valence-corrected chi connectivity index (χ0v) is 13.1. The standard InChI is InChI=1S/C15H19N3O5/c1-15(2,3)23-14(22)18-12(16)9-4-6-10(7-5-9)13(21)17-8-11(19)20/h4-7H,8H2,1-3H3,(H,17,21)(H,19,20)(H2,16,18,22). The van der Waals surface area contributed by atoms with Gasteiger partial charge in [-0.1, -0.05) is 12.1 Å². The highest BCUT2D eigenvalue weighted by atomic mass is 16.6. The van der Waals surface area contributed by atoms with Gasteiger partial charge in [-0.2, -0.15) is 0 Å². The monoisotopic (exact) mass is 321 g/mol. The van der Waals surface area contributed by atoms with Crippen LogP contribution in [0.25, 0.3) is 0 Å². The molecule has 0 aliphatic carbocycles. The Morgan fingerprint density at radius 2 is 1.65 bits per heavy atom. The van der Waals surface area contributed by atoms with Crippen LogP contribution in [-0.4, -0.2) is 41.1 Å². The summed E-state index contributed by atoms with van der Waals surface area (Å²) in [6.45, 7) is 4.65. The molecule has 0 fully saturated rings. The average Bonchev–Trinajstić information content (AvgIpc) is 2.42. The van der Waals surface area contributed by atoms with Crippen molar-refractivity contribution < 1.29 is 24.2 Å². The molecule has 0 aliphatic heterocycles. The Bertz CT molecular complexity index is 617. The minimum absolute atomic E-state index is 0.170. The first-order valence-corrected chi connectivity index (χ1v) is 6.77. The summed E-state index contributed by atoms with van der Waals surface area (Å²) in [5.74, 6) is -1.85. The van der Waals surface area contributed by atoms with Gasteiger partial charge in [0.05, 0.1) is 0 Å². The fourth-order valence-corrected chi connectivity index (χ4v) is 1.52. The fraction of sp³-hybridized carbons (Fsp3) is 0.333. The predicted octanol–water partition coefficient (Wildman–Crippen LogP) is 1.35. The molecule has 1 rings (SSSR count). The van der Waals surface area contributed by atoms with E-state index in [-0.39, 0.29) is 11.4 Å². The Kier molecular flexibility index (Phi) is 5.83. The molecule has 0 aliphatic rings. The molecule has 0 saturated heterocycles. The normalized spacial score (nSPS) is 10.6. The van der Waals surface area contributed by atoms with Crippen LogP contribution in [0.3, 0.4) is 0 Å². The predicted molar refractivity (Wildman–Crippen MR) is 82.6 cm³/mol. The molecule has 0 heterocycles. The molecule has 23 heavy (non-hydrogen) atoms. The van der Waals surface area contributed by atoms with Crippen LogP contribution < -0.4 is 10.6 Å². The number of hydrogen-bond acceptors (Lipinski definition) is 5. The van der Waals surface area contributed by atoms with E-state index < -0.39 is 30.1 Å². The Morgan fingerprint density at radius 1 is 1.13 bits per heavy atom. The Hall–Kier alpha value is -2.90. The van der Waals surface area contributed by atoms with Crippen molar-refractivity contribution >= 4 is 23.8 Å². The van der Waals surface area contributed by atoms with Crippen LogP contribution >= 0.6 is 0 Å². The number of benzene rings is 1. The zero-order valence-electron chi connectivity index (χ0n) is 13.1. The molecule has 2 amide bonds. The molecular formula is C15H19N3O5. The molecule has 0 bridgehead atoms. The van der Waals surface area contributed by atoms with Gasteiger partial charge in [-0.15, -0.1) is 0 Å². The largest absolute Gasteiger partial charge is 0.480 e. The molecule has 8 nitrogen and oxygen atoms in total. The van der Waals surface area contributed by atoms with E-state index in [0.29, 0.717) is 5.56 Å². The van der Waals surface area contributed by atoms with Gasteiger partial charge in [0, 0.05) is 11.1 Å². The van der Waals surface area contributed by atoms with Gasteiger partial charge in [0.2, 0.25) is 0 Å². The van der Waals surface area contributed by atoms with Crippen molar-refractivity contribution in [3.63, 3.8) is 0 Å². The third kappa shape index (κ3) is 6.60. The van der Waals surface area contributed by atoms with Gasteiger partial charge >= 0.3 is 12.1 Å². The van der Waals surface area contributed by atoms with Crippen LogP contribution in [-0.2, 0) is 9.53 Å². The Morgan fingerprint density at radius 3 is 2.13 bits per heavy atom. The number of hydrogen-bond donors (Lipinski definition) is 4. The second-order valence-electron chi connectivity index (χ2n) is 5.66. The fourth-order valence-electron chi connectivity index (χ4n) is 1.52. The summed E-state index contributed by atoms with van der Waals surface area (Å²) in [7, 11) is 0. The van der Waals surface area contributed by atoms with Crippen LogP contribution in [0.5, 0.6) is 0 Å². The second-order valence-corrected chi connectivity index (χ2v) is 5.66. The number of amides is 2. The van der Waals surface area contributed by atoms with Gasteiger partial charge in [0.1, 0.15) is 18.0 Å².